The first kappa shape index (κ1) is 49.8. The molecule has 0 bridgehead atoms. The summed E-state index contributed by atoms with van der Waals surface area (Å²) in [7, 11) is 0. The Bertz CT molecular complexity index is 1190. The molecule has 0 saturated heterocycles. The monoisotopic (exact) mass is 1030 g/mol. The van der Waals surface area contributed by atoms with Crippen LogP contribution < -0.4 is 5.79 Å². The second kappa shape index (κ2) is 28.8. The van der Waals surface area contributed by atoms with Crippen LogP contribution in [0, 0.1) is 0 Å². The fourth-order valence-corrected chi connectivity index (χ4v) is 23.2. The van der Waals surface area contributed by atoms with Crippen molar-refractivity contribution in [1.29, 1.82) is 0 Å². The van der Waals surface area contributed by atoms with E-state index < -0.39 is 36.8 Å². The van der Waals surface area contributed by atoms with Crippen LogP contribution in [0.2, 0.25) is 29.6 Å². The fourth-order valence-electron chi connectivity index (χ4n) is 7.70. The predicted molar refractivity (Wildman–Crippen MR) is 265 cm³/mol. The molecular formula is C48H86S4Sn2. The molecule has 0 nitrogen and oxygen atoms in total. The van der Waals surface area contributed by atoms with Gasteiger partial charge >= 0.3 is 237 Å². The van der Waals surface area contributed by atoms with E-state index in [1.54, 1.807) is 36.5 Å². The number of hydrogen-bond donors (Lipinski definition) is 0. The Kier molecular flexibility index (Phi) is 26.6. The Hall–Kier alpha value is 1.44. The molecule has 3 rings (SSSR count). The molecule has 54 heavy (non-hydrogen) atoms. The summed E-state index contributed by atoms with van der Waals surface area (Å²) < 4.78 is 5.20. The van der Waals surface area contributed by atoms with E-state index >= 15 is 0 Å². The number of hydrogen-bond acceptors (Lipinski definition) is 4. The Morgan fingerprint density at radius 1 is 0.407 bits per heavy atom. The van der Waals surface area contributed by atoms with E-state index in [0.717, 1.165) is 0 Å². The van der Waals surface area contributed by atoms with Crippen molar-refractivity contribution >= 4 is 94.3 Å². The first-order valence-corrected chi connectivity index (χ1v) is 47.0. The molecule has 0 saturated carbocycles. The van der Waals surface area contributed by atoms with Crippen molar-refractivity contribution in [2.45, 2.75) is 223 Å². The van der Waals surface area contributed by atoms with Gasteiger partial charge in [0.25, 0.3) is 0 Å². The molecule has 310 valence electrons. The van der Waals surface area contributed by atoms with Crippen LogP contribution in [0.15, 0.2) is 16.4 Å². The summed E-state index contributed by atoms with van der Waals surface area (Å²) >= 11 is 4.51. The minimum absolute atomic E-state index is 1.29. The molecule has 0 aromatic carbocycles. The number of fused-ring (bicyclic) bond motifs is 3. The molecule has 2 aromatic rings. The quantitative estimate of drug-likeness (QED) is 0.0432. The van der Waals surface area contributed by atoms with Crippen LogP contribution in [0.1, 0.15) is 205 Å². The van der Waals surface area contributed by atoms with E-state index in [0.29, 0.717) is 0 Å². The molecule has 2 heterocycles. The van der Waals surface area contributed by atoms with E-state index in [1.165, 1.54) is 191 Å². The Balaban J connectivity index is 1.51. The molecule has 2 aromatic heterocycles. The van der Waals surface area contributed by atoms with E-state index in [4.69, 9.17) is 0 Å². The zero-order chi connectivity index (χ0) is 39.1. The van der Waals surface area contributed by atoms with E-state index in [-0.39, 0.29) is 0 Å². The van der Waals surface area contributed by atoms with Crippen LogP contribution in [-0.4, -0.2) is 48.3 Å². The summed E-state index contributed by atoms with van der Waals surface area (Å²) in [5, 5.41) is 0. The van der Waals surface area contributed by atoms with Gasteiger partial charge in [-0.2, -0.15) is 0 Å². The van der Waals surface area contributed by atoms with Crippen molar-refractivity contribution in [2.75, 3.05) is 11.5 Å². The molecule has 1 aliphatic carbocycles. The predicted octanol–water partition coefficient (Wildman–Crippen LogP) is 18.0. The first-order valence-electron chi connectivity index (χ1n) is 23.4. The van der Waals surface area contributed by atoms with Crippen LogP contribution in [0.5, 0.6) is 0 Å². The summed E-state index contributed by atoms with van der Waals surface area (Å²) in [6.07, 6.45) is 40.3. The maximum absolute atomic E-state index is 2.69. The molecule has 6 heteroatoms. The van der Waals surface area contributed by atoms with Gasteiger partial charge in [0.2, 0.25) is 0 Å². The molecule has 0 aliphatic heterocycles. The normalized spacial score (nSPS) is 12.9. The minimum atomic E-state index is -2.17. The van der Waals surface area contributed by atoms with Crippen LogP contribution in [0.4, 0.5) is 0 Å². The van der Waals surface area contributed by atoms with Crippen molar-refractivity contribution in [1.82, 2.24) is 0 Å². The van der Waals surface area contributed by atoms with Gasteiger partial charge in [-0.05, 0) is 0 Å². The zero-order valence-corrected chi connectivity index (χ0v) is 46.0. The van der Waals surface area contributed by atoms with Gasteiger partial charge < -0.3 is 0 Å². The number of thioether (sulfide) groups is 2. The van der Waals surface area contributed by atoms with Gasteiger partial charge in [0.05, 0.1) is 0 Å². The second-order valence-corrected chi connectivity index (χ2v) is 54.2. The molecule has 1 aliphatic rings. The zero-order valence-electron chi connectivity index (χ0n) is 37.0. The molecule has 0 atom stereocenters. The standard InChI is InChI=1S/C42H68S4.6CH3.2Sn/c1-3-5-7-9-11-13-15-17-19-21-23-25-27-29-33-45-42(39-37-31-35-43-40(37)41-38(39)32-36-44-41)46-34-30-28-26-24-22-20-18-16-14-12-10-8-6-4-2;;;;;;;;/h31-32H,3-30,33-34H2,1-2H3;6*1H3;;. The Labute approximate surface area is 362 Å². The second-order valence-electron chi connectivity index (χ2n) is 18.8. The summed E-state index contributed by atoms with van der Waals surface area (Å²) in [5.74, 6) is 2.58. The third kappa shape index (κ3) is 19.2. The van der Waals surface area contributed by atoms with Gasteiger partial charge in [-0.3, -0.25) is 0 Å². The van der Waals surface area contributed by atoms with Crippen molar-refractivity contribution in [3.63, 3.8) is 0 Å². The molecule has 0 unspecified atom stereocenters. The molecule has 0 spiro atoms. The average Bonchev–Trinajstić information content (AvgIpc) is 3.83. The number of thiophene rings is 2. The van der Waals surface area contributed by atoms with E-state index in [1.807, 2.05) is 0 Å². The fraction of sp³-hybridized carbons (Fsp3) is 0.792. The van der Waals surface area contributed by atoms with Crippen molar-refractivity contribution in [3.05, 3.63) is 27.5 Å². The van der Waals surface area contributed by atoms with Crippen LogP contribution in [0.3, 0.4) is 0 Å². The van der Waals surface area contributed by atoms with Crippen molar-refractivity contribution in [2.24, 2.45) is 0 Å². The van der Waals surface area contributed by atoms with Crippen LogP contribution >= 0.6 is 46.2 Å². The first-order chi connectivity index (χ1) is 26.1. The SMILES string of the molecule is CCCCCCCCCCCCCCCCSC(SCCCCCCCCCCCCCCCC)=C1c2c[c]([Sn]([CH3])([CH3])[CH3])sc2-c2s[c]([Sn]([CH3])([CH3])[CH3])cc21. The van der Waals surface area contributed by atoms with Crippen LogP contribution in [0.25, 0.3) is 15.3 Å². The summed E-state index contributed by atoms with van der Waals surface area (Å²) in [5.41, 5.74) is 4.90. The third-order valence-electron chi connectivity index (χ3n) is 11.4. The van der Waals surface area contributed by atoms with Gasteiger partial charge in [-0.25, -0.2) is 0 Å². The molecule has 0 N–H and O–H groups in total. The molecule has 0 amide bonds. The average molecular weight is 1030 g/mol. The molecule has 0 radical (unpaired) electrons. The van der Waals surface area contributed by atoms with Crippen molar-refractivity contribution in [3.8, 4) is 9.75 Å². The van der Waals surface area contributed by atoms with Crippen LogP contribution in [-0.2, 0) is 0 Å². The van der Waals surface area contributed by atoms with Gasteiger partial charge in [-0.1, -0.05) is 129 Å². The Morgan fingerprint density at radius 3 is 0.926 bits per heavy atom. The van der Waals surface area contributed by atoms with E-state index in [9.17, 15) is 0 Å². The van der Waals surface area contributed by atoms with Gasteiger partial charge in [0.1, 0.15) is 0 Å². The molecule has 0 fully saturated rings. The topological polar surface area (TPSA) is 0 Å². The van der Waals surface area contributed by atoms with Gasteiger partial charge in [0, 0.05) is 0 Å². The summed E-state index contributed by atoms with van der Waals surface area (Å²) in [6, 6.07) is 5.39. The van der Waals surface area contributed by atoms with Gasteiger partial charge in [-0.15, -0.1) is 0 Å². The number of unbranched alkanes of at least 4 members (excludes halogenated alkanes) is 26. The Morgan fingerprint density at radius 2 is 0.667 bits per heavy atom. The van der Waals surface area contributed by atoms with E-state index in [2.05, 4.69) is 102 Å². The number of rotatable bonds is 34. The van der Waals surface area contributed by atoms with Gasteiger partial charge in [0.15, 0.2) is 0 Å². The maximum atomic E-state index is 2.69. The summed E-state index contributed by atoms with van der Waals surface area (Å²) in [6.45, 7) is 4.64. The van der Waals surface area contributed by atoms with Crippen molar-refractivity contribution < 1.29 is 0 Å². The third-order valence-corrected chi connectivity index (χ3v) is 35.3. The summed E-state index contributed by atoms with van der Waals surface area (Å²) in [4.78, 5) is 19.0. The molecular weight excluding hydrogens is 942 g/mol.